The van der Waals surface area contributed by atoms with E-state index in [1.54, 1.807) is 6.07 Å². The highest BCUT2D eigenvalue weighted by Gasteiger charge is 2.29. The lowest BCUT2D eigenvalue weighted by Gasteiger charge is -2.32. The highest BCUT2D eigenvalue weighted by atomic mass is 19.3. The van der Waals surface area contributed by atoms with Gasteiger partial charge in [-0.1, -0.05) is 49.6 Å². The fourth-order valence-electron chi connectivity index (χ4n) is 4.15. The normalized spacial score (nSPS) is 16.7. The summed E-state index contributed by atoms with van der Waals surface area (Å²) >= 11 is 0. The minimum absolute atomic E-state index is 0.00482. The molecular formula is C27H33F3N6. The van der Waals surface area contributed by atoms with Crippen molar-refractivity contribution in [1.29, 1.82) is 10.8 Å². The maximum absolute atomic E-state index is 12.8. The first kappa shape index (κ1) is 27.0. The van der Waals surface area contributed by atoms with Crippen LogP contribution in [0.3, 0.4) is 0 Å². The third-order valence-electron chi connectivity index (χ3n) is 6.25. The largest absolute Gasteiger partial charge is 0.383 e. The van der Waals surface area contributed by atoms with Crippen molar-refractivity contribution in [1.82, 2.24) is 20.1 Å². The van der Waals surface area contributed by atoms with E-state index < -0.39 is 12.3 Å². The number of pyridine rings is 1. The molecule has 0 spiro atoms. The number of hydrogen-bond acceptors (Lipinski definition) is 5. The molecule has 0 bridgehead atoms. The predicted octanol–water partition coefficient (Wildman–Crippen LogP) is 5.52. The van der Waals surface area contributed by atoms with Gasteiger partial charge in [0.2, 0.25) is 5.95 Å². The van der Waals surface area contributed by atoms with Gasteiger partial charge in [-0.25, -0.2) is 13.8 Å². The molecule has 2 aliphatic rings. The first-order valence-corrected chi connectivity index (χ1v) is 12.0. The third kappa shape index (κ3) is 7.44. The maximum Gasteiger partial charge on any atom is 0.295 e. The summed E-state index contributed by atoms with van der Waals surface area (Å²) in [5.74, 6) is -0.711. The Morgan fingerprint density at radius 2 is 1.89 bits per heavy atom. The SMILES string of the molecule is C=C(NCc1ccccc1)C1CCCN1C(=C)CN(C=N)C(=N)C(F)F.Fc1ncccc1C1CC1. The molecule has 0 amide bonds. The van der Waals surface area contributed by atoms with Gasteiger partial charge in [0.1, 0.15) is 0 Å². The lowest BCUT2D eigenvalue weighted by molar-refractivity contribution is 0.209. The van der Waals surface area contributed by atoms with Crippen LogP contribution < -0.4 is 5.32 Å². The molecule has 1 aromatic heterocycles. The van der Waals surface area contributed by atoms with Crippen LogP contribution in [0.4, 0.5) is 13.2 Å². The van der Waals surface area contributed by atoms with Crippen molar-refractivity contribution in [2.75, 3.05) is 13.1 Å². The van der Waals surface area contributed by atoms with E-state index in [9.17, 15) is 13.2 Å². The Hall–Kier alpha value is -3.62. The molecule has 2 fully saturated rings. The number of nitrogens with one attached hydrogen (secondary N) is 3. The van der Waals surface area contributed by atoms with E-state index in [4.69, 9.17) is 10.8 Å². The van der Waals surface area contributed by atoms with Gasteiger partial charge in [0.05, 0.1) is 18.9 Å². The summed E-state index contributed by atoms with van der Waals surface area (Å²) in [7, 11) is 0. The van der Waals surface area contributed by atoms with Gasteiger partial charge in [-0.05, 0) is 43.2 Å². The van der Waals surface area contributed by atoms with Crippen LogP contribution in [0.1, 0.15) is 42.7 Å². The van der Waals surface area contributed by atoms with Gasteiger partial charge in [-0.2, -0.15) is 4.39 Å². The van der Waals surface area contributed by atoms with E-state index in [1.165, 1.54) is 6.20 Å². The van der Waals surface area contributed by atoms with Crippen molar-refractivity contribution < 1.29 is 13.2 Å². The number of aromatic nitrogens is 1. The molecule has 4 rings (SSSR count). The number of rotatable bonds is 10. The Bertz CT molecular complexity index is 1050. The van der Waals surface area contributed by atoms with Crippen LogP contribution in [-0.2, 0) is 6.54 Å². The van der Waals surface area contributed by atoms with Gasteiger partial charge in [0, 0.05) is 36.2 Å². The molecule has 2 heterocycles. The van der Waals surface area contributed by atoms with E-state index in [2.05, 4.69) is 23.5 Å². The van der Waals surface area contributed by atoms with E-state index in [0.717, 1.165) is 60.3 Å². The lowest BCUT2D eigenvalue weighted by atomic mass is 10.1. The number of nitrogens with zero attached hydrogens (tertiary/aromatic N) is 3. The zero-order valence-electron chi connectivity index (χ0n) is 20.3. The number of hydrogen-bond donors (Lipinski definition) is 3. The van der Waals surface area contributed by atoms with Gasteiger partial charge in [0.25, 0.3) is 6.43 Å². The third-order valence-corrected chi connectivity index (χ3v) is 6.25. The molecule has 1 saturated carbocycles. The highest BCUT2D eigenvalue weighted by Crippen LogP contribution is 2.40. The van der Waals surface area contributed by atoms with Crippen molar-refractivity contribution >= 4 is 12.2 Å². The molecule has 6 nitrogen and oxygen atoms in total. The topological polar surface area (TPSA) is 79.1 Å². The summed E-state index contributed by atoms with van der Waals surface area (Å²) in [5, 5.41) is 18.0. The van der Waals surface area contributed by atoms with Gasteiger partial charge in [-0.15, -0.1) is 0 Å². The lowest BCUT2D eigenvalue weighted by Crippen LogP contribution is -2.41. The van der Waals surface area contributed by atoms with Crippen LogP contribution in [0, 0.1) is 16.8 Å². The van der Waals surface area contributed by atoms with Gasteiger partial charge in [-0.3, -0.25) is 10.8 Å². The second-order valence-corrected chi connectivity index (χ2v) is 8.88. The Balaban J connectivity index is 0.000000297. The fraction of sp³-hybridized carbons (Fsp3) is 0.370. The summed E-state index contributed by atoms with van der Waals surface area (Å²) in [5.41, 5.74) is 3.40. The molecule has 9 heteroatoms. The molecule has 1 unspecified atom stereocenters. The molecule has 1 aromatic carbocycles. The Morgan fingerprint density at radius 3 is 2.50 bits per heavy atom. The zero-order valence-corrected chi connectivity index (χ0v) is 20.3. The highest BCUT2D eigenvalue weighted by molar-refractivity contribution is 5.91. The maximum atomic E-state index is 12.8. The Kier molecular flexibility index (Phi) is 9.67. The Morgan fingerprint density at radius 1 is 1.17 bits per heavy atom. The van der Waals surface area contributed by atoms with E-state index >= 15 is 0 Å². The molecule has 1 aliphatic heterocycles. The zero-order chi connectivity index (χ0) is 26.1. The smallest absolute Gasteiger partial charge is 0.295 e. The number of alkyl halides is 2. The van der Waals surface area contributed by atoms with E-state index in [1.807, 2.05) is 41.3 Å². The first-order valence-electron chi connectivity index (χ1n) is 12.0. The van der Waals surface area contributed by atoms with Crippen LogP contribution in [-0.4, -0.2) is 52.5 Å². The molecule has 36 heavy (non-hydrogen) atoms. The van der Waals surface area contributed by atoms with E-state index in [-0.39, 0.29) is 18.5 Å². The fourth-order valence-corrected chi connectivity index (χ4v) is 4.15. The second-order valence-electron chi connectivity index (χ2n) is 8.88. The summed E-state index contributed by atoms with van der Waals surface area (Å²) in [4.78, 5) is 6.50. The van der Waals surface area contributed by atoms with Crippen LogP contribution in [0.5, 0.6) is 0 Å². The van der Waals surface area contributed by atoms with Gasteiger partial charge in [0.15, 0.2) is 5.84 Å². The first-order chi connectivity index (χ1) is 17.3. The van der Waals surface area contributed by atoms with Crippen LogP contribution in [0.25, 0.3) is 0 Å². The number of benzene rings is 1. The summed E-state index contributed by atoms with van der Waals surface area (Å²) in [6.07, 6.45) is 3.42. The van der Waals surface area contributed by atoms with Crippen molar-refractivity contribution in [3.63, 3.8) is 0 Å². The summed E-state index contributed by atoms with van der Waals surface area (Å²) in [6, 6.07) is 13.6. The summed E-state index contributed by atoms with van der Waals surface area (Å²) < 4.78 is 38.2. The molecule has 2 aromatic rings. The van der Waals surface area contributed by atoms with Crippen LogP contribution in [0.2, 0.25) is 0 Å². The van der Waals surface area contributed by atoms with Gasteiger partial charge >= 0.3 is 0 Å². The average molecular weight is 499 g/mol. The van der Waals surface area contributed by atoms with Crippen molar-refractivity contribution in [3.05, 3.63) is 90.3 Å². The molecule has 192 valence electrons. The number of halogens is 3. The van der Waals surface area contributed by atoms with Crippen LogP contribution >= 0.6 is 0 Å². The Labute approximate surface area is 210 Å². The monoisotopic (exact) mass is 498 g/mol. The minimum atomic E-state index is -2.92. The molecule has 1 aliphatic carbocycles. The van der Waals surface area contributed by atoms with Gasteiger partial charge < -0.3 is 15.1 Å². The standard InChI is InChI=1S/C19H25F2N5.C8H8FN/c1-14(12-25(13-22)19(23)18(20)21)26-10-6-9-17(26)15(2)24-11-16-7-4-3-5-8-16;9-8-7(6-3-4-6)2-1-5-10-8/h3-5,7-8,13,17-18,22-24H,1-2,6,9-12H2;1-2,5-6H,3-4H2. The minimum Gasteiger partial charge on any atom is -0.383 e. The summed E-state index contributed by atoms with van der Waals surface area (Å²) in [6.45, 7) is 9.53. The second kappa shape index (κ2) is 12.9. The average Bonchev–Trinajstić information content (AvgIpc) is 3.61. The molecule has 1 atom stereocenters. The quantitative estimate of drug-likeness (QED) is 0.229. The van der Waals surface area contributed by atoms with Crippen molar-refractivity contribution in [2.45, 2.75) is 50.6 Å². The van der Waals surface area contributed by atoms with Crippen LogP contribution in [0.15, 0.2) is 73.2 Å². The molecule has 0 radical (unpaired) electrons. The van der Waals surface area contributed by atoms with E-state index in [0.29, 0.717) is 18.2 Å². The number of likely N-dealkylation sites (tertiary alicyclic amines) is 1. The van der Waals surface area contributed by atoms with Crippen molar-refractivity contribution in [3.8, 4) is 0 Å². The molecule has 3 N–H and O–H groups in total. The molecule has 1 saturated heterocycles. The predicted molar refractivity (Wildman–Crippen MR) is 137 cm³/mol. The number of amidine groups is 1. The van der Waals surface area contributed by atoms with Crippen molar-refractivity contribution in [2.24, 2.45) is 0 Å². The molecular weight excluding hydrogens is 465 g/mol.